The van der Waals surface area contributed by atoms with Crippen molar-refractivity contribution in [3.8, 4) is 0 Å². The van der Waals surface area contributed by atoms with Gasteiger partial charge in [-0.2, -0.15) is 0 Å². The molecule has 0 saturated carbocycles. The van der Waals surface area contributed by atoms with Crippen molar-refractivity contribution in [2.24, 2.45) is 0 Å². The van der Waals surface area contributed by atoms with E-state index in [4.69, 9.17) is 0 Å². The van der Waals surface area contributed by atoms with Gasteiger partial charge in [0.2, 0.25) is 0 Å². The van der Waals surface area contributed by atoms with Crippen molar-refractivity contribution >= 4 is 33.3 Å². The van der Waals surface area contributed by atoms with E-state index in [1.54, 1.807) is 12.1 Å². The first-order chi connectivity index (χ1) is 9.52. The van der Waals surface area contributed by atoms with Crippen LogP contribution in [0.4, 0.5) is 11.4 Å². The van der Waals surface area contributed by atoms with Crippen molar-refractivity contribution in [2.75, 3.05) is 11.4 Å². The first kappa shape index (κ1) is 14.6. The Kier molecular flexibility index (Phi) is 4.45. The lowest BCUT2D eigenvalue weighted by Gasteiger charge is -2.25. The van der Waals surface area contributed by atoms with Gasteiger partial charge >= 0.3 is 5.97 Å². The van der Waals surface area contributed by atoms with E-state index in [0.717, 1.165) is 15.7 Å². The number of aromatic carboxylic acids is 1. The lowest BCUT2D eigenvalue weighted by Crippen LogP contribution is -2.19. The number of carbonyl (C=O) groups is 1. The molecule has 0 aliphatic carbocycles. The van der Waals surface area contributed by atoms with Gasteiger partial charge in [-0.15, -0.1) is 0 Å². The summed E-state index contributed by atoms with van der Waals surface area (Å²) in [6.45, 7) is 4.73. The van der Waals surface area contributed by atoms with Gasteiger partial charge < -0.3 is 10.0 Å². The second-order valence-corrected chi connectivity index (χ2v) is 5.47. The summed E-state index contributed by atoms with van der Waals surface area (Å²) in [6.07, 6.45) is 0. The number of benzene rings is 2. The molecule has 4 heteroatoms. The SMILES string of the molecule is CCN(c1cccc(C)c1)c1cc(Br)ccc1C(=O)O. The molecule has 0 fully saturated rings. The molecule has 0 amide bonds. The van der Waals surface area contributed by atoms with Crippen LogP contribution in [0.15, 0.2) is 46.9 Å². The zero-order chi connectivity index (χ0) is 14.7. The number of rotatable bonds is 4. The Bertz CT molecular complexity index is 640. The maximum atomic E-state index is 11.4. The Morgan fingerprint density at radius 3 is 2.60 bits per heavy atom. The van der Waals surface area contributed by atoms with Gasteiger partial charge in [-0.25, -0.2) is 4.79 Å². The Morgan fingerprint density at radius 2 is 2.00 bits per heavy atom. The fourth-order valence-electron chi connectivity index (χ4n) is 2.20. The Hall–Kier alpha value is -1.81. The summed E-state index contributed by atoms with van der Waals surface area (Å²) >= 11 is 3.41. The van der Waals surface area contributed by atoms with E-state index in [9.17, 15) is 9.90 Å². The quantitative estimate of drug-likeness (QED) is 0.887. The number of aryl methyl sites for hydroxylation is 1. The maximum absolute atomic E-state index is 11.4. The molecule has 0 unspecified atom stereocenters. The predicted molar refractivity (Wildman–Crippen MR) is 85.0 cm³/mol. The monoisotopic (exact) mass is 333 g/mol. The lowest BCUT2D eigenvalue weighted by molar-refractivity contribution is 0.0697. The van der Waals surface area contributed by atoms with Crippen LogP contribution in [0.25, 0.3) is 0 Å². The van der Waals surface area contributed by atoms with E-state index >= 15 is 0 Å². The summed E-state index contributed by atoms with van der Waals surface area (Å²) in [6, 6.07) is 13.3. The zero-order valence-corrected chi connectivity index (χ0v) is 13.0. The largest absolute Gasteiger partial charge is 0.478 e. The van der Waals surface area contributed by atoms with Gasteiger partial charge in [0.15, 0.2) is 0 Å². The van der Waals surface area contributed by atoms with E-state index in [2.05, 4.69) is 22.0 Å². The highest BCUT2D eigenvalue weighted by Crippen LogP contribution is 2.31. The molecule has 2 aromatic carbocycles. The molecule has 0 atom stereocenters. The minimum atomic E-state index is -0.918. The molecule has 0 aliphatic rings. The van der Waals surface area contributed by atoms with Crippen LogP contribution < -0.4 is 4.90 Å². The van der Waals surface area contributed by atoms with Gasteiger partial charge in [0.05, 0.1) is 11.3 Å². The van der Waals surface area contributed by atoms with Crippen molar-refractivity contribution < 1.29 is 9.90 Å². The summed E-state index contributed by atoms with van der Waals surface area (Å²) in [4.78, 5) is 13.4. The molecule has 0 aliphatic heterocycles. The van der Waals surface area contributed by atoms with Crippen molar-refractivity contribution in [3.63, 3.8) is 0 Å². The molecule has 0 radical (unpaired) electrons. The molecular formula is C16H16BrNO2. The third kappa shape index (κ3) is 3.02. The second-order valence-electron chi connectivity index (χ2n) is 4.55. The maximum Gasteiger partial charge on any atom is 0.337 e. The van der Waals surface area contributed by atoms with Crippen molar-refractivity contribution in [1.82, 2.24) is 0 Å². The van der Waals surface area contributed by atoms with Gasteiger partial charge in [0, 0.05) is 16.7 Å². The van der Waals surface area contributed by atoms with Gasteiger partial charge in [0.1, 0.15) is 0 Å². The number of halogens is 1. The molecule has 0 spiro atoms. The Morgan fingerprint density at radius 1 is 1.25 bits per heavy atom. The van der Waals surface area contributed by atoms with Crippen molar-refractivity contribution in [1.29, 1.82) is 0 Å². The van der Waals surface area contributed by atoms with E-state index in [1.165, 1.54) is 0 Å². The fraction of sp³-hybridized carbons (Fsp3) is 0.188. The number of hydrogen-bond donors (Lipinski definition) is 1. The first-order valence-electron chi connectivity index (χ1n) is 6.40. The number of anilines is 2. The molecule has 0 aromatic heterocycles. The normalized spacial score (nSPS) is 10.3. The molecular weight excluding hydrogens is 318 g/mol. The minimum absolute atomic E-state index is 0.302. The van der Waals surface area contributed by atoms with E-state index in [0.29, 0.717) is 17.8 Å². The van der Waals surface area contributed by atoms with E-state index < -0.39 is 5.97 Å². The number of nitrogens with zero attached hydrogens (tertiary/aromatic N) is 1. The molecule has 0 heterocycles. The highest BCUT2D eigenvalue weighted by atomic mass is 79.9. The van der Waals surface area contributed by atoms with Gasteiger partial charge in [-0.3, -0.25) is 0 Å². The topological polar surface area (TPSA) is 40.5 Å². The van der Waals surface area contributed by atoms with Crippen LogP contribution in [0.3, 0.4) is 0 Å². The smallest absolute Gasteiger partial charge is 0.337 e. The number of hydrogen-bond acceptors (Lipinski definition) is 2. The number of carboxylic acid groups (broad SMARTS) is 1. The molecule has 20 heavy (non-hydrogen) atoms. The summed E-state index contributed by atoms with van der Waals surface area (Å²) in [5, 5.41) is 9.36. The zero-order valence-electron chi connectivity index (χ0n) is 11.4. The van der Waals surface area contributed by atoms with Gasteiger partial charge in [0.25, 0.3) is 0 Å². The highest BCUT2D eigenvalue weighted by Gasteiger charge is 2.16. The molecule has 1 N–H and O–H groups in total. The summed E-state index contributed by atoms with van der Waals surface area (Å²) in [5.41, 5.74) is 3.14. The average Bonchev–Trinajstić information content (AvgIpc) is 2.39. The van der Waals surface area contributed by atoms with Gasteiger partial charge in [-0.1, -0.05) is 28.1 Å². The van der Waals surface area contributed by atoms with Crippen LogP contribution in [-0.4, -0.2) is 17.6 Å². The van der Waals surface area contributed by atoms with Crippen molar-refractivity contribution in [2.45, 2.75) is 13.8 Å². The molecule has 3 nitrogen and oxygen atoms in total. The minimum Gasteiger partial charge on any atom is -0.478 e. The third-order valence-corrected chi connectivity index (χ3v) is 3.60. The standard InChI is InChI=1S/C16H16BrNO2/c1-3-18(13-6-4-5-11(2)9-13)15-10-12(17)7-8-14(15)16(19)20/h4-10H,3H2,1-2H3,(H,19,20). The third-order valence-electron chi connectivity index (χ3n) is 3.11. The highest BCUT2D eigenvalue weighted by molar-refractivity contribution is 9.10. The summed E-state index contributed by atoms with van der Waals surface area (Å²) < 4.78 is 0.864. The fourth-order valence-corrected chi connectivity index (χ4v) is 2.55. The van der Waals surface area contributed by atoms with Crippen LogP contribution in [0.2, 0.25) is 0 Å². The van der Waals surface area contributed by atoms with Crippen LogP contribution in [-0.2, 0) is 0 Å². The molecule has 0 saturated heterocycles. The average molecular weight is 334 g/mol. The van der Waals surface area contributed by atoms with Crippen LogP contribution >= 0.6 is 15.9 Å². The van der Waals surface area contributed by atoms with E-state index in [-0.39, 0.29) is 0 Å². The second kappa shape index (κ2) is 6.09. The Labute approximate surface area is 127 Å². The summed E-state index contributed by atoms with van der Waals surface area (Å²) in [7, 11) is 0. The lowest BCUT2D eigenvalue weighted by atomic mass is 10.1. The van der Waals surface area contributed by atoms with Crippen LogP contribution in [0.5, 0.6) is 0 Å². The van der Waals surface area contributed by atoms with Gasteiger partial charge in [-0.05, 0) is 49.7 Å². The molecule has 104 valence electrons. The molecule has 0 bridgehead atoms. The Balaban J connectivity index is 2.57. The van der Waals surface area contributed by atoms with Crippen LogP contribution in [0, 0.1) is 6.92 Å². The van der Waals surface area contributed by atoms with Crippen LogP contribution in [0.1, 0.15) is 22.8 Å². The van der Waals surface area contributed by atoms with E-state index in [1.807, 2.05) is 43.0 Å². The van der Waals surface area contributed by atoms with Crippen molar-refractivity contribution in [3.05, 3.63) is 58.1 Å². The first-order valence-corrected chi connectivity index (χ1v) is 7.19. The molecule has 2 rings (SSSR count). The summed E-state index contributed by atoms with van der Waals surface area (Å²) in [5.74, 6) is -0.918. The molecule has 2 aromatic rings. The predicted octanol–water partition coefficient (Wildman–Crippen LogP) is 4.61. The number of carboxylic acids is 1.